The third kappa shape index (κ3) is 5.68. The number of hydrogen-bond donors (Lipinski definition) is 1. The molecule has 0 bridgehead atoms. The van der Waals surface area contributed by atoms with Gasteiger partial charge in [-0.15, -0.1) is 11.3 Å². The molecule has 0 aliphatic rings. The highest BCUT2D eigenvalue weighted by Crippen LogP contribution is 2.26. The molecule has 1 aromatic heterocycles. The van der Waals surface area contributed by atoms with Crippen LogP contribution in [0.3, 0.4) is 0 Å². The second kappa shape index (κ2) is 8.96. The molecule has 2 aromatic carbocycles. The second-order valence-corrected chi connectivity index (χ2v) is 8.04. The van der Waals surface area contributed by atoms with Gasteiger partial charge >= 0.3 is 0 Å². The van der Waals surface area contributed by atoms with Gasteiger partial charge in [-0.1, -0.05) is 53.7 Å². The van der Waals surface area contributed by atoms with E-state index in [0.717, 1.165) is 21.3 Å². The molecule has 0 spiro atoms. The van der Waals surface area contributed by atoms with Gasteiger partial charge in [0.25, 0.3) is 0 Å². The molecule has 0 aliphatic carbocycles. The van der Waals surface area contributed by atoms with Crippen LogP contribution >= 0.6 is 23.1 Å². The predicted molar refractivity (Wildman–Crippen MR) is 105 cm³/mol. The van der Waals surface area contributed by atoms with E-state index in [2.05, 4.69) is 41.5 Å². The summed E-state index contributed by atoms with van der Waals surface area (Å²) in [5.74, 6) is 0.497. The van der Waals surface area contributed by atoms with E-state index in [4.69, 9.17) is 0 Å². The van der Waals surface area contributed by atoms with Crippen LogP contribution in [0.4, 0.5) is 4.39 Å². The zero-order valence-corrected chi connectivity index (χ0v) is 16.0. The van der Waals surface area contributed by atoms with Crippen molar-refractivity contribution in [1.82, 2.24) is 10.3 Å². The van der Waals surface area contributed by atoms with Crippen LogP contribution in [0.15, 0.2) is 58.3 Å². The lowest BCUT2D eigenvalue weighted by Gasteiger charge is -2.04. The lowest BCUT2D eigenvalue weighted by molar-refractivity contribution is -0.120. The monoisotopic (exact) mass is 386 g/mol. The number of amides is 1. The Morgan fingerprint density at radius 1 is 1.12 bits per heavy atom. The molecule has 0 saturated carbocycles. The normalized spacial score (nSPS) is 10.7. The second-order valence-electron chi connectivity index (χ2n) is 5.96. The average Bonchev–Trinajstić information content (AvgIpc) is 3.08. The van der Waals surface area contributed by atoms with E-state index in [1.165, 1.54) is 23.3 Å². The van der Waals surface area contributed by atoms with Crippen molar-refractivity contribution in [3.8, 4) is 0 Å². The van der Waals surface area contributed by atoms with Gasteiger partial charge in [-0.3, -0.25) is 4.79 Å². The number of halogens is 1. The Labute approximate surface area is 160 Å². The maximum atomic E-state index is 12.9. The first-order chi connectivity index (χ1) is 12.6. The largest absolute Gasteiger partial charge is 0.352 e. The number of thiazole rings is 1. The van der Waals surface area contributed by atoms with Crippen molar-refractivity contribution in [3.63, 3.8) is 0 Å². The zero-order valence-electron chi connectivity index (χ0n) is 14.4. The topological polar surface area (TPSA) is 42.0 Å². The third-order valence-corrected chi connectivity index (χ3v) is 5.90. The first-order valence-electron chi connectivity index (χ1n) is 8.22. The fourth-order valence-electron chi connectivity index (χ4n) is 2.30. The van der Waals surface area contributed by atoms with Crippen LogP contribution in [0.5, 0.6) is 0 Å². The number of hydrogen-bond acceptors (Lipinski definition) is 4. The molecular weight excluding hydrogens is 367 g/mol. The van der Waals surface area contributed by atoms with Crippen molar-refractivity contribution < 1.29 is 9.18 Å². The summed E-state index contributed by atoms with van der Waals surface area (Å²) in [6.07, 6.45) is 0.253. The van der Waals surface area contributed by atoms with Crippen molar-refractivity contribution in [2.45, 2.75) is 30.0 Å². The van der Waals surface area contributed by atoms with Gasteiger partial charge in [-0.2, -0.15) is 0 Å². The summed E-state index contributed by atoms with van der Waals surface area (Å²) in [6, 6.07) is 14.6. The third-order valence-electron chi connectivity index (χ3n) is 3.76. The van der Waals surface area contributed by atoms with Gasteiger partial charge in [0, 0.05) is 17.7 Å². The van der Waals surface area contributed by atoms with Crippen molar-refractivity contribution in [2.75, 3.05) is 0 Å². The Balaban J connectivity index is 1.45. The number of benzene rings is 2. The highest BCUT2D eigenvalue weighted by Gasteiger charge is 2.08. The number of aryl methyl sites for hydroxylation is 1. The quantitative estimate of drug-likeness (QED) is 0.596. The molecule has 0 fully saturated rings. The van der Waals surface area contributed by atoms with E-state index in [1.54, 1.807) is 35.2 Å². The maximum Gasteiger partial charge on any atom is 0.226 e. The molecule has 134 valence electrons. The fourth-order valence-corrected chi connectivity index (χ4v) is 4.10. The summed E-state index contributed by atoms with van der Waals surface area (Å²) in [7, 11) is 0. The van der Waals surface area contributed by atoms with E-state index in [1.807, 2.05) is 5.38 Å². The van der Waals surface area contributed by atoms with Crippen molar-refractivity contribution in [1.29, 1.82) is 0 Å². The minimum atomic E-state index is -0.279. The lowest BCUT2D eigenvalue weighted by Crippen LogP contribution is -2.24. The number of carbonyl (C=O) groups excluding carboxylic acids is 1. The number of thioether (sulfide) groups is 1. The summed E-state index contributed by atoms with van der Waals surface area (Å²) in [6.45, 7) is 2.46. The van der Waals surface area contributed by atoms with Gasteiger partial charge in [0.1, 0.15) is 10.2 Å². The Kier molecular flexibility index (Phi) is 6.41. The molecule has 26 heavy (non-hydrogen) atoms. The van der Waals surface area contributed by atoms with Crippen molar-refractivity contribution in [2.24, 2.45) is 0 Å². The van der Waals surface area contributed by atoms with Gasteiger partial charge in [0.2, 0.25) is 5.91 Å². The van der Waals surface area contributed by atoms with Crippen molar-refractivity contribution in [3.05, 3.63) is 82.1 Å². The van der Waals surface area contributed by atoms with E-state index >= 15 is 0 Å². The van der Waals surface area contributed by atoms with Gasteiger partial charge in [0.15, 0.2) is 0 Å². The Bertz CT molecular complexity index is 860. The van der Waals surface area contributed by atoms with Gasteiger partial charge in [-0.05, 0) is 30.2 Å². The van der Waals surface area contributed by atoms with Crippen LogP contribution < -0.4 is 5.32 Å². The first kappa shape index (κ1) is 18.6. The summed E-state index contributed by atoms with van der Waals surface area (Å²) in [4.78, 5) is 16.6. The summed E-state index contributed by atoms with van der Waals surface area (Å²) in [5, 5.41) is 4.76. The van der Waals surface area contributed by atoms with Crippen molar-refractivity contribution >= 4 is 29.0 Å². The number of nitrogens with zero attached hydrogens (tertiary/aromatic N) is 1. The molecule has 3 rings (SSSR count). The Morgan fingerprint density at radius 3 is 2.54 bits per heavy atom. The van der Waals surface area contributed by atoms with Crippen LogP contribution in [0.25, 0.3) is 0 Å². The Morgan fingerprint density at radius 2 is 1.81 bits per heavy atom. The SMILES string of the molecule is Cc1ccc(CSc2nc(CC(=O)NCc3ccc(F)cc3)cs2)cc1. The highest BCUT2D eigenvalue weighted by atomic mass is 32.2. The van der Waals surface area contributed by atoms with Gasteiger partial charge in [0.05, 0.1) is 12.1 Å². The molecule has 1 heterocycles. The molecule has 3 aromatic rings. The maximum absolute atomic E-state index is 12.9. The summed E-state index contributed by atoms with van der Waals surface area (Å²) >= 11 is 3.24. The molecule has 1 N–H and O–H groups in total. The zero-order chi connectivity index (χ0) is 18.4. The van der Waals surface area contributed by atoms with Crippen LogP contribution in [-0.4, -0.2) is 10.9 Å². The molecule has 0 saturated heterocycles. The molecule has 0 radical (unpaired) electrons. The van der Waals surface area contributed by atoms with Crippen LogP contribution in [0.1, 0.15) is 22.4 Å². The van der Waals surface area contributed by atoms with Gasteiger partial charge in [-0.25, -0.2) is 9.37 Å². The first-order valence-corrected chi connectivity index (χ1v) is 10.1. The van der Waals surface area contributed by atoms with E-state index in [9.17, 15) is 9.18 Å². The minimum Gasteiger partial charge on any atom is -0.352 e. The molecular formula is C20H19FN2OS2. The van der Waals surface area contributed by atoms with Gasteiger partial charge < -0.3 is 5.32 Å². The average molecular weight is 387 g/mol. The standard InChI is InChI=1S/C20H19FN2OS2/c1-14-2-4-16(5-3-14)12-25-20-23-18(13-26-20)10-19(24)22-11-15-6-8-17(21)9-7-15/h2-9,13H,10-12H2,1H3,(H,22,24). The lowest BCUT2D eigenvalue weighted by atomic mass is 10.2. The molecule has 0 aliphatic heterocycles. The van der Waals surface area contributed by atoms with Crippen LogP contribution in [0, 0.1) is 12.7 Å². The molecule has 0 unspecified atom stereocenters. The fraction of sp³-hybridized carbons (Fsp3) is 0.200. The Hall–Kier alpha value is -2.18. The highest BCUT2D eigenvalue weighted by molar-refractivity contribution is 8.00. The molecule has 6 heteroatoms. The smallest absolute Gasteiger partial charge is 0.226 e. The van der Waals surface area contributed by atoms with E-state index < -0.39 is 0 Å². The van der Waals surface area contributed by atoms with E-state index in [-0.39, 0.29) is 18.1 Å². The summed E-state index contributed by atoms with van der Waals surface area (Å²) < 4.78 is 13.8. The molecule has 3 nitrogen and oxygen atoms in total. The number of nitrogens with one attached hydrogen (secondary N) is 1. The predicted octanol–water partition coefficient (Wildman–Crippen LogP) is 4.74. The van der Waals surface area contributed by atoms with Crippen LogP contribution in [0.2, 0.25) is 0 Å². The molecule has 0 atom stereocenters. The number of aromatic nitrogens is 1. The number of rotatable bonds is 7. The van der Waals surface area contributed by atoms with Crippen LogP contribution in [-0.2, 0) is 23.5 Å². The number of carbonyl (C=O) groups is 1. The summed E-state index contributed by atoms with van der Waals surface area (Å²) in [5.41, 5.74) is 4.15. The van der Waals surface area contributed by atoms with E-state index in [0.29, 0.717) is 6.54 Å². The molecule has 1 amide bonds. The minimum absolute atomic E-state index is 0.0882.